The zero-order valence-electron chi connectivity index (χ0n) is 17.1. The lowest BCUT2D eigenvalue weighted by molar-refractivity contribution is 0.00867. The zero-order valence-corrected chi connectivity index (χ0v) is 19.4. The second-order valence-corrected chi connectivity index (χ2v) is 7.19. The first-order chi connectivity index (χ1) is 12.7. The average molecular weight is 492 g/mol. The Hall–Kier alpha value is -0.800. The second kappa shape index (κ2) is 14.2. The number of unbranched alkanes of at least 4 members (excludes halogenated alkanes) is 1. The van der Waals surface area contributed by atoms with Crippen LogP contribution < -0.4 is 10.6 Å². The topological polar surface area (TPSA) is 62.0 Å². The van der Waals surface area contributed by atoms with Gasteiger partial charge in [0.1, 0.15) is 5.76 Å². The molecule has 27 heavy (non-hydrogen) atoms. The third-order valence-corrected chi connectivity index (χ3v) is 4.79. The van der Waals surface area contributed by atoms with E-state index in [1.807, 2.05) is 12.1 Å². The Morgan fingerprint density at radius 2 is 1.96 bits per heavy atom. The van der Waals surface area contributed by atoms with Crippen LogP contribution in [0.15, 0.2) is 27.8 Å². The fraction of sp³-hybridized carbons (Fsp3) is 0.750. The summed E-state index contributed by atoms with van der Waals surface area (Å²) in [5, 5.41) is 6.91. The number of hydrogen-bond acceptors (Lipinski definition) is 4. The summed E-state index contributed by atoms with van der Waals surface area (Å²) in [6.07, 6.45) is 4.91. The van der Waals surface area contributed by atoms with Gasteiger partial charge in [-0.1, -0.05) is 27.2 Å². The van der Waals surface area contributed by atoms with Crippen molar-refractivity contribution in [1.29, 1.82) is 0 Å². The van der Waals surface area contributed by atoms with Gasteiger partial charge in [-0.15, -0.1) is 24.0 Å². The Morgan fingerprint density at radius 1 is 1.22 bits per heavy atom. The Morgan fingerprint density at radius 3 is 2.59 bits per heavy atom. The first kappa shape index (κ1) is 24.2. The van der Waals surface area contributed by atoms with Crippen molar-refractivity contribution >= 4 is 29.9 Å². The van der Waals surface area contributed by atoms with E-state index in [2.05, 4.69) is 36.3 Å². The number of nitrogens with zero attached hydrogens (tertiary/aromatic N) is 2. The van der Waals surface area contributed by atoms with Crippen molar-refractivity contribution < 1.29 is 9.15 Å². The summed E-state index contributed by atoms with van der Waals surface area (Å²) in [4.78, 5) is 7.41. The van der Waals surface area contributed by atoms with Crippen molar-refractivity contribution in [2.24, 2.45) is 10.9 Å². The quantitative estimate of drug-likeness (QED) is 0.228. The predicted molar refractivity (Wildman–Crippen MR) is 122 cm³/mol. The average Bonchev–Trinajstić information content (AvgIpc) is 3.15. The number of aliphatic imine (C=N–C) groups is 1. The van der Waals surface area contributed by atoms with Gasteiger partial charge in [-0.05, 0) is 24.5 Å². The van der Waals surface area contributed by atoms with E-state index in [1.165, 1.54) is 6.42 Å². The number of morpholine rings is 1. The van der Waals surface area contributed by atoms with Crippen LogP contribution in [0.2, 0.25) is 0 Å². The summed E-state index contributed by atoms with van der Waals surface area (Å²) in [7, 11) is 0. The molecule has 1 unspecified atom stereocenters. The van der Waals surface area contributed by atoms with E-state index < -0.39 is 0 Å². The molecule has 0 aromatic carbocycles. The van der Waals surface area contributed by atoms with Crippen molar-refractivity contribution in [2.45, 2.75) is 46.1 Å². The monoisotopic (exact) mass is 492 g/mol. The van der Waals surface area contributed by atoms with Crippen LogP contribution in [0.1, 0.15) is 39.4 Å². The van der Waals surface area contributed by atoms with Crippen LogP contribution in [0, 0.1) is 5.92 Å². The van der Waals surface area contributed by atoms with Gasteiger partial charge >= 0.3 is 0 Å². The first-order valence-electron chi connectivity index (χ1n) is 10.1. The van der Waals surface area contributed by atoms with E-state index >= 15 is 0 Å². The summed E-state index contributed by atoms with van der Waals surface area (Å²) in [5.41, 5.74) is 0. The molecule has 156 valence electrons. The minimum absolute atomic E-state index is 0. The fourth-order valence-corrected chi connectivity index (χ4v) is 3.16. The number of guanidine groups is 1. The van der Waals surface area contributed by atoms with Gasteiger partial charge in [-0.2, -0.15) is 0 Å². The lowest BCUT2D eigenvalue weighted by Crippen LogP contribution is -2.48. The molecule has 2 rings (SSSR count). The molecule has 0 radical (unpaired) electrons. The Labute approximate surface area is 181 Å². The molecule has 0 saturated carbocycles. The lowest BCUT2D eigenvalue weighted by Gasteiger charge is -2.36. The van der Waals surface area contributed by atoms with Crippen molar-refractivity contribution in [2.75, 3.05) is 45.9 Å². The van der Waals surface area contributed by atoms with Crippen LogP contribution in [-0.4, -0.2) is 62.8 Å². The summed E-state index contributed by atoms with van der Waals surface area (Å²) >= 11 is 0. The maximum absolute atomic E-state index is 5.50. The molecule has 6 nitrogen and oxygen atoms in total. The molecule has 1 aromatic heterocycles. The number of furan rings is 1. The zero-order chi connectivity index (χ0) is 18.6. The highest BCUT2D eigenvalue weighted by Gasteiger charge is 2.23. The standard InChI is InChI=1S/C20H36N4O2.HI/c1-4-5-9-21-20(22-10-8-18-7-6-13-26-18)23-16-19(17(2)3)24-11-14-25-15-12-24;/h6-7,13,17,19H,4-5,8-12,14-16H2,1-3H3,(H2,21,22,23);1H. The van der Waals surface area contributed by atoms with Gasteiger partial charge in [-0.25, -0.2) is 0 Å². The number of halogens is 1. The molecule has 2 N–H and O–H groups in total. The van der Waals surface area contributed by atoms with Crippen LogP contribution in [0.3, 0.4) is 0 Å². The molecule has 2 heterocycles. The van der Waals surface area contributed by atoms with E-state index in [-0.39, 0.29) is 24.0 Å². The summed E-state index contributed by atoms with van der Waals surface area (Å²) in [6.45, 7) is 13.0. The molecule has 0 bridgehead atoms. The van der Waals surface area contributed by atoms with Gasteiger partial charge in [0, 0.05) is 38.6 Å². The third-order valence-electron chi connectivity index (χ3n) is 4.79. The molecule has 1 aromatic rings. The Bertz CT molecular complexity index is 502. The summed E-state index contributed by atoms with van der Waals surface area (Å²) in [6, 6.07) is 4.39. The normalized spacial score (nSPS) is 16.8. The number of ether oxygens (including phenoxy) is 1. The van der Waals surface area contributed by atoms with Gasteiger partial charge < -0.3 is 19.8 Å². The van der Waals surface area contributed by atoms with E-state index in [9.17, 15) is 0 Å². The molecule has 0 spiro atoms. The highest BCUT2D eigenvalue weighted by Crippen LogP contribution is 2.13. The van der Waals surface area contributed by atoms with Gasteiger partial charge in [0.2, 0.25) is 0 Å². The lowest BCUT2D eigenvalue weighted by atomic mass is 10.0. The van der Waals surface area contributed by atoms with Gasteiger partial charge in [0.25, 0.3) is 0 Å². The SMILES string of the molecule is CCCCNC(=NCC(C(C)C)N1CCOCC1)NCCc1ccco1.I. The highest BCUT2D eigenvalue weighted by atomic mass is 127. The van der Waals surface area contributed by atoms with Crippen molar-refractivity contribution in [3.8, 4) is 0 Å². The van der Waals surface area contributed by atoms with Crippen molar-refractivity contribution in [3.63, 3.8) is 0 Å². The molecular formula is C20H37IN4O2. The van der Waals surface area contributed by atoms with E-state index in [0.29, 0.717) is 12.0 Å². The van der Waals surface area contributed by atoms with Crippen LogP contribution in [0.25, 0.3) is 0 Å². The minimum Gasteiger partial charge on any atom is -0.469 e. The van der Waals surface area contributed by atoms with Crippen molar-refractivity contribution in [3.05, 3.63) is 24.2 Å². The van der Waals surface area contributed by atoms with E-state index in [0.717, 1.165) is 70.5 Å². The fourth-order valence-electron chi connectivity index (χ4n) is 3.16. The van der Waals surface area contributed by atoms with Crippen LogP contribution in [-0.2, 0) is 11.2 Å². The van der Waals surface area contributed by atoms with E-state index in [4.69, 9.17) is 14.1 Å². The van der Waals surface area contributed by atoms with Crippen molar-refractivity contribution in [1.82, 2.24) is 15.5 Å². The second-order valence-electron chi connectivity index (χ2n) is 7.19. The maximum Gasteiger partial charge on any atom is 0.191 e. The molecule has 1 saturated heterocycles. The maximum atomic E-state index is 5.50. The van der Waals surface area contributed by atoms with Gasteiger partial charge in [-0.3, -0.25) is 9.89 Å². The first-order valence-corrected chi connectivity index (χ1v) is 10.1. The molecule has 1 aliphatic heterocycles. The molecule has 0 amide bonds. The summed E-state index contributed by atoms with van der Waals surface area (Å²) < 4.78 is 10.9. The molecule has 1 fully saturated rings. The molecule has 1 aliphatic rings. The molecular weight excluding hydrogens is 455 g/mol. The predicted octanol–water partition coefficient (Wildman–Crippen LogP) is 3.13. The molecule has 1 atom stereocenters. The number of rotatable bonds is 10. The summed E-state index contributed by atoms with van der Waals surface area (Å²) in [5.74, 6) is 2.47. The van der Waals surface area contributed by atoms with Gasteiger partial charge in [0.15, 0.2) is 5.96 Å². The highest BCUT2D eigenvalue weighted by molar-refractivity contribution is 14.0. The number of nitrogens with one attached hydrogen (secondary N) is 2. The van der Waals surface area contributed by atoms with Gasteiger partial charge in [0.05, 0.1) is 26.0 Å². The minimum atomic E-state index is 0. The Balaban J connectivity index is 0.00000364. The molecule has 7 heteroatoms. The smallest absolute Gasteiger partial charge is 0.191 e. The van der Waals surface area contributed by atoms with Crippen LogP contribution >= 0.6 is 24.0 Å². The largest absolute Gasteiger partial charge is 0.469 e. The Kier molecular flexibility index (Phi) is 12.8. The molecule has 0 aliphatic carbocycles. The third kappa shape index (κ3) is 9.30. The number of hydrogen-bond donors (Lipinski definition) is 2. The van der Waals surface area contributed by atoms with E-state index in [1.54, 1.807) is 6.26 Å². The van der Waals surface area contributed by atoms with Crippen LogP contribution in [0.5, 0.6) is 0 Å². The van der Waals surface area contributed by atoms with Crippen LogP contribution in [0.4, 0.5) is 0 Å².